The summed E-state index contributed by atoms with van der Waals surface area (Å²) in [6.07, 6.45) is 3.25. The summed E-state index contributed by atoms with van der Waals surface area (Å²) < 4.78 is 5.19. The van der Waals surface area contributed by atoms with Crippen LogP contribution in [0.3, 0.4) is 0 Å². The lowest BCUT2D eigenvalue weighted by atomic mass is 10.0. The fourth-order valence-electron chi connectivity index (χ4n) is 2.67. The Morgan fingerprint density at radius 3 is 2.67 bits per heavy atom. The Hall–Kier alpha value is -2.92. The molecular weight excluding hydrogens is 356 g/mol. The van der Waals surface area contributed by atoms with Gasteiger partial charge < -0.3 is 4.74 Å². The average Bonchev–Trinajstić information content (AvgIpc) is 3.02. The zero-order chi connectivity index (χ0) is 19.4. The molecule has 3 aromatic rings. The predicted molar refractivity (Wildman–Crippen MR) is 112 cm³/mol. The maximum absolute atomic E-state index is 12.2. The van der Waals surface area contributed by atoms with Gasteiger partial charge in [0.1, 0.15) is 5.75 Å². The van der Waals surface area contributed by atoms with Gasteiger partial charge in [0, 0.05) is 16.5 Å². The highest BCUT2D eigenvalue weighted by atomic mass is 32.1. The van der Waals surface area contributed by atoms with Crippen LogP contribution >= 0.6 is 11.3 Å². The molecule has 2 aromatic carbocycles. The van der Waals surface area contributed by atoms with Gasteiger partial charge in [-0.1, -0.05) is 24.3 Å². The molecule has 0 atom stereocenters. The van der Waals surface area contributed by atoms with E-state index in [0.717, 1.165) is 27.4 Å². The predicted octanol–water partition coefficient (Wildman–Crippen LogP) is 5.40. The second kappa shape index (κ2) is 8.18. The van der Waals surface area contributed by atoms with Crippen molar-refractivity contribution >= 4 is 28.5 Å². The highest BCUT2D eigenvalue weighted by Gasteiger charge is 2.11. The number of amides is 1. The van der Waals surface area contributed by atoms with Crippen molar-refractivity contribution in [1.82, 2.24) is 4.98 Å². The van der Waals surface area contributed by atoms with Crippen molar-refractivity contribution in [3.05, 3.63) is 70.1 Å². The summed E-state index contributed by atoms with van der Waals surface area (Å²) >= 11 is 1.48. The Morgan fingerprint density at radius 2 is 1.93 bits per heavy atom. The van der Waals surface area contributed by atoms with Crippen molar-refractivity contribution in [3.8, 4) is 17.0 Å². The Kier molecular flexibility index (Phi) is 5.72. The SMILES string of the molecule is COc1cccc(/C=C/C(=O)Nc2nc(-c3ccc(C)c(C)c3)c(C)s2)c1. The first-order valence-electron chi connectivity index (χ1n) is 8.64. The van der Waals surface area contributed by atoms with Crippen LogP contribution in [0.5, 0.6) is 5.75 Å². The minimum Gasteiger partial charge on any atom is -0.497 e. The summed E-state index contributed by atoms with van der Waals surface area (Å²) in [6, 6.07) is 13.8. The number of nitrogens with one attached hydrogen (secondary N) is 1. The number of hydrogen-bond acceptors (Lipinski definition) is 4. The lowest BCUT2D eigenvalue weighted by Crippen LogP contribution is -2.07. The molecule has 0 saturated heterocycles. The molecular formula is C22H22N2O2S. The maximum Gasteiger partial charge on any atom is 0.250 e. The van der Waals surface area contributed by atoms with Crippen molar-refractivity contribution in [1.29, 1.82) is 0 Å². The first-order valence-corrected chi connectivity index (χ1v) is 9.46. The molecule has 1 N–H and O–H groups in total. The number of aromatic nitrogens is 1. The minimum absolute atomic E-state index is 0.210. The second-order valence-electron chi connectivity index (χ2n) is 6.32. The second-order valence-corrected chi connectivity index (χ2v) is 7.53. The standard InChI is InChI=1S/C22H22N2O2S/c1-14-8-10-18(12-15(14)2)21-16(3)27-22(24-21)23-20(25)11-9-17-6-5-7-19(13-17)26-4/h5-13H,1-4H3,(H,23,24,25)/b11-9+. The zero-order valence-corrected chi connectivity index (χ0v) is 16.7. The monoisotopic (exact) mass is 378 g/mol. The summed E-state index contributed by atoms with van der Waals surface area (Å²) in [5.74, 6) is 0.546. The van der Waals surface area contributed by atoms with Crippen molar-refractivity contribution < 1.29 is 9.53 Å². The van der Waals surface area contributed by atoms with Gasteiger partial charge in [-0.2, -0.15) is 0 Å². The molecule has 1 aromatic heterocycles. The van der Waals surface area contributed by atoms with Gasteiger partial charge >= 0.3 is 0 Å². The fourth-order valence-corrected chi connectivity index (χ4v) is 3.51. The van der Waals surface area contributed by atoms with Gasteiger partial charge in [-0.15, -0.1) is 11.3 Å². The molecule has 27 heavy (non-hydrogen) atoms. The lowest BCUT2D eigenvalue weighted by Gasteiger charge is -2.03. The first kappa shape index (κ1) is 18.9. The van der Waals surface area contributed by atoms with E-state index >= 15 is 0 Å². The Morgan fingerprint density at radius 1 is 1.11 bits per heavy atom. The summed E-state index contributed by atoms with van der Waals surface area (Å²) in [6.45, 7) is 6.20. The first-order chi connectivity index (χ1) is 13.0. The van der Waals surface area contributed by atoms with Crippen LogP contribution in [0.15, 0.2) is 48.5 Å². The molecule has 0 fully saturated rings. The van der Waals surface area contributed by atoms with Gasteiger partial charge in [0.25, 0.3) is 0 Å². The number of nitrogens with zero attached hydrogens (tertiary/aromatic N) is 1. The van der Waals surface area contributed by atoms with Gasteiger partial charge in [0.2, 0.25) is 5.91 Å². The molecule has 0 unspecified atom stereocenters. The summed E-state index contributed by atoms with van der Waals surface area (Å²) in [5.41, 5.74) is 5.36. The van der Waals surface area contributed by atoms with E-state index in [2.05, 4.69) is 42.3 Å². The van der Waals surface area contributed by atoms with Crippen molar-refractivity contribution in [3.63, 3.8) is 0 Å². The summed E-state index contributed by atoms with van der Waals surface area (Å²) in [7, 11) is 1.62. The third-order valence-electron chi connectivity index (χ3n) is 4.33. The Bertz CT molecular complexity index is 1010. The molecule has 4 nitrogen and oxygen atoms in total. The van der Waals surface area contributed by atoms with Crippen molar-refractivity contribution in [2.75, 3.05) is 12.4 Å². The quantitative estimate of drug-likeness (QED) is 0.605. The van der Waals surface area contributed by atoms with E-state index in [1.54, 1.807) is 13.2 Å². The van der Waals surface area contributed by atoms with Crippen LogP contribution in [0.2, 0.25) is 0 Å². The van der Waals surface area contributed by atoms with E-state index in [0.29, 0.717) is 5.13 Å². The largest absolute Gasteiger partial charge is 0.497 e. The molecule has 1 amide bonds. The van der Waals surface area contributed by atoms with Crippen LogP contribution in [0.4, 0.5) is 5.13 Å². The number of anilines is 1. The molecule has 0 aliphatic heterocycles. The van der Waals surface area contributed by atoms with Gasteiger partial charge in [0.05, 0.1) is 12.8 Å². The Balaban J connectivity index is 1.73. The van der Waals surface area contributed by atoms with Gasteiger partial charge in [-0.05, 0) is 61.7 Å². The highest BCUT2D eigenvalue weighted by Crippen LogP contribution is 2.31. The molecule has 0 bridgehead atoms. The van der Waals surface area contributed by atoms with Crippen molar-refractivity contribution in [2.24, 2.45) is 0 Å². The molecule has 5 heteroatoms. The Labute approximate surface area is 163 Å². The normalized spacial score (nSPS) is 11.0. The number of aryl methyl sites for hydroxylation is 3. The topological polar surface area (TPSA) is 51.2 Å². The fraction of sp³-hybridized carbons (Fsp3) is 0.182. The van der Waals surface area contributed by atoms with Crippen LogP contribution < -0.4 is 10.1 Å². The smallest absolute Gasteiger partial charge is 0.250 e. The van der Waals surface area contributed by atoms with Crippen LogP contribution in [-0.4, -0.2) is 18.0 Å². The summed E-state index contributed by atoms with van der Waals surface area (Å²) in [5, 5.41) is 3.45. The average molecular weight is 378 g/mol. The van der Waals surface area contributed by atoms with Crippen LogP contribution in [0.1, 0.15) is 21.6 Å². The zero-order valence-electron chi connectivity index (χ0n) is 15.9. The number of carbonyl (C=O) groups excluding carboxylic acids is 1. The number of rotatable bonds is 5. The maximum atomic E-state index is 12.2. The molecule has 0 saturated carbocycles. The number of hydrogen-bond donors (Lipinski definition) is 1. The van der Waals surface area contributed by atoms with Crippen LogP contribution in [-0.2, 0) is 4.79 Å². The van der Waals surface area contributed by atoms with Crippen LogP contribution in [0.25, 0.3) is 17.3 Å². The highest BCUT2D eigenvalue weighted by molar-refractivity contribution is 7.16. The van der Waals surface area contributed by atoms with Crippen molar-refractivity contribution in [2.45, 2.75) is 20.8 Å². The van der Waals surface area contributed by atoms with Gasteiger partial charge in [-0.3, -0.25) is 10.1 Å². The van der Waals surface area contributed by atoms with E-state index in [-0.39, 0.29) is 5.91 Å². The number of methoxy groups -OCH3 is 1. The molecule has 0 radical (unpaired) electrons. The molecule has 0 aliphatic carbocycles. The van der Waals surface area contributed by atoms with E-state index in [1.165, 1.54) is 28.5 Å². The minimum atomic E-state index is -0.210. The van der Waals surface area contributed by atoms with Crippen LogP contribution in [0, 0.1) is 20.8 Å². The van der Waals surface area contributed by atoms with E-state index in [1.807, 2.05) is 31.2 Å². The molecule has 0 aliphatic rings. The summed E-state index contributed by atoms with van der Waals surface area (Å²) in [4.78, 5) is 17.9. The third kappa shape index (κ3) is 4.63. The molecule has 138 valence electrons. The molecule has 3 rings (SSSR count). The van der Waals surface area contributed by atoms with Gasteiger partial charge in [0.15, 0.2) is 5.13 Å². The van der Waals surface area contributed by atoms with E-state index in [9.17, 15) is 4.79 Å². The number of carbonyl (C=O) groups is 1. The molecule has 1 heterocycles. The van der Waals surface area contributed by atoms with E-state index in [4.69, 9.17) is 4.74 Å². The van der Waals surface area contributed by atoms with E-state index < -0.39 is 0 Å². The number of ether oxygens (including phenoxy) is 1. The number of benzene rings is 2. The number of thiazole rings is 1. The lowest BCUT2D eigenvalue weighted by molar-refractivity contribution is -0.111. The van der Waals surface area contributed by atoms with Gasteiger partial charge in [-0.25, -0.2) is 4.98 Å². The molecule has 0 spiro atoms. The third-order valence-corrected chi connectivity index (χ3v) is 5.21.